The molecular weight excluding hydrogens is 337 g/mol. The summed E-state index contributed by atoms with van der Waals surface area (Å²) in [5.74, 6) is 0.704. The number of aryl methyl sites for hydroxylation is 1. The van der Waals surface area contributed by atoms with Crippen molar-refractivity contribution in [2.24, 2.45) is 5.73 Å². The van der Waals surface area contributed by atoms with Gasteiger partial charge in [-0.2, -0.15) is 0 Å². The summed E-state index contributed by atoms with van der Waals surface area (Å²) in [6.07, 6.45) is 0.891. The van der Waals surface area contributed by atoms with Crippen LogP contribution in [-0.2, 0) is 13.0 Å². The van der Waals surface area contributed by atoms with Gasteiger partial charge in [-0.15, -0.1) is 0 Å². The van der Waals surface area contributed by atoms with E-state index < -0.39 is 5.82 Å². The first-order chi connectivity index (χ1) is 10.1. The quantitative estimate of drug-likeness (QED) is 0.865. The minimum Gasteiger partial charge on any atom is -0.493 e. The summed E-state index contributed by atoms with van der Waals surface area (Å²) < 4.78 is 25.5. The zero-order valence-corrected chi connectivity index (χ0v) is 13.5. The van der Waals surface area contributed by atoms with E-state index in [9.17, 15) is 4.39 Å². The van der Waals surface area contributed by atoms with Gasteiger partial charge >= 0.3 is 0 Å². The van der Waals surface area contributed by atoms with Crippen molar-refractivity contribution in [3.8, 4) is 17.2 Å². The topological polar surface area (TPSA) is 44.5 Å². The monoisotopic (exact) mass is 353 g/mol. The Hall–Kier alpha value is -1.59. The van der Waals surface area contributed by atoms with Gasteiger partial charge in [0.1, 0.15) is 0 Å². The first kappa shape index (κ1) is 15.8. The third-order valence-corrected chi connectivity index (χ3v) is 4.06. The van der Waals surface area contributed by atoms with E-state index in [1.54, 1.807) is 25.3 Å². The minimum absolute atomic E-state index is 0.127. The van der Waals surface area contributed by atoms with Crippen LogP contribution < -0.4 is 15.2 Å². The third-order valence-electron chi connectivity index (χ3n) is 3.20. The van der Waals surface area contributed by atoms with Crippen LogP contribution in [0.1, 0.15) is 18.1 Å². The molecule has 21 heavy (non-hydrogen) atoms. The van der Waals surface area contributed by atoms with Gasteiger partial charge < -0.3 is 15.2 Å². The number of halogens is 2. The predicted molar refractivity (Wildman–Crippen MR) is 84.4 cm³/mol. The minimum atomic E-state index is -0.473. The Morgan fingerprint density at radius 1 is 1.14 bits per heavy atom. The first-order valence-electron chi connectivity index (χ1n) is 6.62. The van der Waals surface area contributed by atoms with Crippen molar-refractivity contribution in [2.45, 2.75) is 19.9 Å². The summed E-state index contributed by atoms with van der Waals surface area (Å²) in [4.78, 5) is 0. The number of methoxy groups -OCH3 is 1. The summed E-state index contributed by atoms with van der Waals surface area (Å²) in [6, 6.07) is 8.89. The molecule has 2 N–H and O–H groups in total. The number of nitrogens with two attached hydrogens (primary N) is 1. The second kappa shape index (κ2) is 6.91. The van der Waals surface area contributed by atoms with Crippen LogP contribution in [0.3, 0.4) is 0 Å². The highest BCUT2D eigenvalue weighted by Gasteiger charge is 2.14. The second-order valence-corrected chi connectivity index (χ2v) is 5.29. The fourth-order valence-corrected chi connectivity index (χ4v) is 2.43. The second-order valence-electron chi connectivity index (χ2n) is 4.50. The molecule has 2 aromatic carbocycles. The Bertz CT molecular complexity index is 646. The summed E-state index contributed by atoms with van der Waals surface area (Å²) >= 11 is 3.20. The normalized spacial score (nSPS) is 10.5. The SMILES string of the molecule is CCc1ccc(Oc2ccc(CN)c(Br)c2F)c(OC)c1. The molecule has 0 aliphatic carbocycles. The van der Waals surface area contributed by atoms with Gasteiger partial charge in [-0.1, -0.05) is 19.1 Å². The summed E-state index contributed by atoms with van der Waals surface area (Å²) in [5.41, 5.74) is 7.35. The van der Waals surface area contributed by atoms with Crippen molar-refractivity contribution in [3.05, 3.63) is 51.7 Å². The number of benzene rings is 2. The highest BCUT2D eigenvalue weighted by molar-refractivity contribution is 9.10. The van der Waals surface area contributed by atoms with Crippen molar-refractivity contribution >= 4 is 15.9 Å². The van der Waals surface area contributed by atoms with E-state index in [0.29, 0.717) is 21.5 Å². The first-order valence-corrected chi connectivity index (χ1v) is 7.41. The standard InChI is InChI=1S/C16H17BrFNO2/c1-3-10-4-6-12(14(8-10)20-2)21-13-7-5-11(9-19)15(17)16(13)18/h4-8H,3,9,19H2,1-2H3. The highest BCUT2D eigenvalue weighted by atomic mass is 79.9. The number of rotatable bonds is 5. The van der Waals surface area contributed by atoms with E-state index in [2.05, 4.69) is 22.9 Å². The van der Waals surface area contributed by atoms with E-state index in [4.69, 9.17) is 15.2 Å². The van der Waals surface area contributed by atoms with Gasteiger partial charge in [0.15, 0.2) is 23.1 Å². The van der Waals surface area contributed by atoms with Gasteiger partial charge in [0.25, 0.3) is 0 Å². The average molecular weight is 354 g/mol. The van der Waals surface area contributed by atoms with Gasteiger partial charge in [0.2, 0.25) is 0 Å². The molecule has 112 valence electrons. The Morgan fingerprint density at radius 2 is 1.86 bits per heavy atom. The maximum absolute atomic E-state index is 14.2. The summed E-state index contributed by atoms with van der Waals surface area (Å²) in [5, 5.41) is 0. The van der Waals surface area contributed by atoms with Crippen LogP contribution in [0.2, 0.25) is 0 Å². The molecule has 5 heteroatoms. The third kappa shape index (κ3) is 3.36. The lowest BCUT2D eigenvalue weighted by Crippen LogP contribution is -2.00. The lowest BCUT2D eigenvalue weighted by Gasteiger charge is -2.13. The molecule has 0 aliphatic heterocycles. The van der Waals surface area contributed by atoms with Gasteiger partial charge in [-0.05, 0) is 51.7 Å². The highest BCUT2D eigenvalue weighted by Crippen LogP contribution is 2.36. The van der Waals surface area contributed by atoms with Gasteiger partial charge in [-0.3, -0.25) is 0 Å². The molecule has 0 radical (unpaired) electrons. The van der Waals surface area contributed by atoms with Crippen LogP contribution in [0.4, 0.5) is 4.39 Å². The van der Waals surface area contributed by atoms with Crippen molar-refractivity contribution in [2.75, 3.05) is 7.11 Å². The van der Waals surface area contributed by atoms with Crippen LogP contribution in [0, 0.1) is 5.82 Å². The maximum Gasteiger partial charge on any atom is 0.180 e. The van der Waals surface area contributed by atoms with E-state index in [1.165, 1.54) is 0 Å². The van der Waals surface area contributed by atoms with Gasteiger partial charge in [0, 0.05) is 6.54 Å². The fourth-order valence-electron chi connectivity index (χ4n) is 1.94. The van der Waals surface area contributed by atoms with Crippen molar-refractivity contribution in [1.29, 1.82) is 0 Å². The van der Waals surface area contributed by atoms with Crippen molar-refractivity contribution in [1.82, 2.24) is 0 Å². The lowest BCUT2D eigenvalue weighted by atomic mass is 10.1. The van der Waals surface area contributed by atoms with E-state index in [0.717, 1.165) is 12.0 Å². The van der Waals surface area contributed by atoms with Crippen LogP contribution in [0.5, 0.6) is 17.2 Å². The van der Waals surface area contributed by atoms with Crippen LogP contribution in [0.15, 0.2) is 34.8 Å². The number of ether oxygens (including phenoxy) is 2. The Morgan fingerprint density at radius 3 is 2.48 bits per heavy atom. The molecule has 0 saturated heterocycles. The molecule has 0 aliphatic rings. The Kier molecular flexibility index (Phi) is 5.20. The fraction of sp³-hybridized carbons (Fsp3) is 0.250. The van der Waals surface area contributed by atoms with Crippen LogP contribution in [0.25, 0.3) is 0 Å². The molecule has 0 aromatic heterocycles. The average Bonchev–Trinajstić information content (AvgIpc) is 2.52. The Labute approximate surface area is 132 Å². The number of hydrogen-bond acceptors (Lipinski definition) is 3. The van der Waals surface area contributed by atoms with E-state index >= 15 is 0 Å². The molecule has 0 atom stereocenters. The van der Waals surface area contributed by atoms with Gasteiger partial charge in [0.05, 0.1) is 11.6 Å². The zero-order valence-electron chi connectivity index (χ0n) is 12.0. The molecule has 3 nitrogen and oxygen atoms in total. The van der Waals surface area contributed by atoms with Crippen molar-refractivity contribution < 1.29 is 13.9 Å². The zero-order chi connectivity index (χ0) is 15.4. The predicted octanol–water partition coefficient (Wildman–Crippen LogP) is 4.41. The van der Waals surface area contributed by atoms with Crippen LogP contribution >= 0.6 is 15.9 Å². The molecule has 0 spiro atoms. The molecule has 0 saturated carbocycles. The Balaban J connectivity index is 2.36. The molecule has 0 unspecified atom stereocenters. The van der Waals surface area contributed by atoms with Crippen molar-refractivity contribution in [3.63, 3.8) is 0 Å². The van der Waals surface area contributed by atoms with E-state index in [-0.39, 0.29) is 12.3 Å². The summed E-state index contributed by atoms with van der Waals surface area (Å²) in [7, 11) is 1.56. The van der Waals surface area contributed by atoms with Gasteiger partial charge in [-0.25, -0.2) is 4.39 Å². The largest absolute Gasteiger partial charge is 0.493 e. The molecule has 2 aromatic rings. The van der Waals surface area contributed by atoms with Crippen LogP contribution in [-0.4, -0.2) is 7.11 Å². The molecule has 0 fully saturated rings. The number of hydrogen-bond donors (Lipinski definition) is 1. The molecule has 0 bridgehead atoms. The summed E-state index contributed by atoms with van der Waals surface area (Å²) in [6.45, 7) is 2.31. The molecule has 0 heterocycles. The molecule has 2 rings (SSSR count). The molecular formula is C16H17BrFNO2. The van der Waals surface area contributed by atoms with E-state index in [1.807, 2.05) is 12.1 Å². The molecule has 0 amide bonds. The smallest absolute Gasteiger partial charge is 0.180 e. The maximum atomic E-state index is 14.2. The lowest BCUT2D eigenvalue weighted by molar-refractivity contribution is 0.370.